The molecule has 34 heavy (non-hydrogen) atoms. The Balaban J connectivity index is 1.60. The van der Waals surface area contributed by atoms with Crippen molar-refractivity contribution in [3.63, 3.8) is 0 Å². The number of rotatable bonds is 10. The lowest BCUT2D eigenvalue weighted by Crippen LogP contribution is -2.36. The van der Waals surface area contributed by atoms with Crippen LogP contribution in [0.15, 0.2) is 41.3 Å². The minimum atomic E-state index is -3.56. The van der Waals surface area contributed by atoms with Crippen molar-refractivity contribution in [1.29, 1.82) is 0 Å². The zero-order valence-corrected chi connectivity index (χ0v) is 20.4. The summed E-state index contributed by atoms with van der Waals surface area (Å²) in [5.74, 6) is 0.336. The van der Waals surface area contributed by atoms with Gasteiger partial charge in [-0.05, 0) is 68.2 Å². The summed E-state index contributed by atoms with van der Waals surface area (Å²) in [5, 5.41) is 11.9. The maximum atomic E-state index is 13.3. The molecule has 9 heteroatoms. The number of hydrogen-bond acceptors (Lipinski definition) is 7. The van der Waals surface area contributed by atoms with Crippen LogP contribution in [0.3, 0.4) is 0 Å². The Hall–Kier alpha value is -2.65. The van der Waals surface area contributed by atoms with Crippen LogP contribution in [0.1, 0.15) is 55.8 Å². The van der Waals surface area contributed by atoms with E-state index < -0.39 is 9.84 Å². The first kappa shape index (κ1) is 24.5. The van der Waals surface area contributed by atoms with E-state index in [-0.39, 0.29) is 29.6 Å². The first-order valence-corrected chi connectivity index (χ1v) is 13.6. The maximum absolute atomic E-state index is 13.3. The fraction of sp³-hybridized carbons (Fsp3) is 0.520. The summed E-state index contributed by atoms with van der Waals surface area (Å²) < 4.78 is 31.1. The molecule has 2 aliphatic rings. The SMILES string of the molecule is CCCOc1cccc(NC(=O)c2ccc(S(=O)(=O)CCCO)cc2N2CCC3(CC2)CC3)n1. The van der Waals surface area contributed by atoms with Gasteiger partial charge in [0.15, 0.2) is 9.84 Å². The van der Waals surface area contributed by atoms with E-state index in [9.17, 15) is 13.2 Å². The average Bonchev–Trinajstić information content (AvgIpc) is 3.60. The lowest BCUT2D eigenvalue weighted by molar-refractivity contribution is 0.102. The molecule has 1 aromatic carbocycles. The minimum Gasteiger partial charge on any atom is -0.478 e. The summed E-state index contributed by atoms with van der Waals surface area (Å²) in [7, 11) is -3.56. The van der Waals surface area contributed by atoms with Crippen LogP contribution < -0.4 is 15.0 Å². The van der Waals surface area contributed by atoms with E-state index in [0.29, 0.717) is 35.0 Å². The van der Waals surface area contributed by atoms with Crippen LogP contribution in [0.25, 0.3) is 0 Å². The van der Waals surface area contributed by atoms with Crippen LogP contribution in [0.4, 0.5) is 11.5 Å². The Morgan fingerprint density at radius 2 is 1.94 bits per heavy atom. The van der Waals surface area contributed by atoms with Gasteiger partial charge in [-0.15, -0.1) is 0 Å². The molecule has 0 radical (unpaired) electrons. The first-order chi connectivity index (χ1) is 16.4. The third kappa shape index (κ3) is 5.70. The van der Waals surface area contributed by atoms with Gasteiger partial charge in [0, 0.05) is 25.8 Å². The van der Waals surface area contributed by atoms with E-state index in [4.69, 9.17) is 9.84 Å². The second-order valence-corrected chi connectivity index (χ2v) is 11.3. The Morgan fingerprint density at radius 1 is 1.18 bits per heavy atom. The number of anilines is 2. The van der Waals surface area contributed by atoms with Crippen molar-refractivity contribution in [3.05, 3.63) is 42.0 Å². The summed E-state index contributed by atoms with van der Waals surface area (Å²) in [6.45, 7) is 3.94. The Bertz CT molecular complexity index is 1120. The fourth-order valence-electron chi connectivity index (χ4n) is 4.38. The van der Waals surface area contributed by atoms with E-state index >= 15 is 0 Å². The quantitative estimate of drug-likeness (QED) is 0.526. The molecule has 1 amide bonds. The van der Waals surface area contributed by atoms with Crippen LogP contribution in [0, 0.1) is 5.41 Å². The van der Waals surface area contributed by atoms with Gasteiger partial charge in [0.05, 0.1) is 28.5 Å². The normalized spacial score (nSPS) is 16.9. The molecule has 4 rings (SSSR count). The van der Waals surface area contributed by atoms with Crippen LogP contribution in [-0.2, 0) is 9.84 Å². The Morgan fingerprint density at radius 3 is 2.62 bits per heavy atom. The zero-order chi connectivity index (χ0) is 24.2. The fourth-order valence-corrected chi connectivity index (χ4v) is 5.70. The van der Waals surface area contributed by atoms with Gasteiger partial charge in [-0.25, -0.2) is 8.42 Å². The monoisotopic (exact) mass is 487 g/mol. The molecule has 2 heterocycles. The van der Waals surface area contributed by atoms with Crippen LogP contribution in [0.5, 0.6) is 5.88 Å². The number of pyridine rings is 1. The second kappa shape index (κ2) is 10.3. The highest BCUT2D eigenvalue weighted by atomic mass is 32.2. The third-order valence-corrected chi connectivity index (χ3v) is 8.48. The van der Waals surface area contributed by atoms with Crippen LogP contribution in [0.2, 0.25) is 0 Å². The standard InChI is InChI=1S/C25H33N3O5S/c1-2-16-33-23-6-3-5-22(26-23)27-24(30)20-8-7-19(34(31,32)17-4-15-29)18-21(20)28-13-11-25(9-10-25)12-14-28/h3,5-8,18,29H,2,4,9-17H2,1H3,(H,26,27,30). The van der Waals surface area contributed by atoms with Crippen molar-refractivity contribution in [3.8, 4) is 5.88 Å². The van der Waals surface area contributed by atoms with E-state index in [1.165, 1.54) is 18.9 Å². The lowest BCUT2D eigenvalue weighted by atomic mass is 9.93. The summed E-state index contributed by atoms with van der Waals surface area (Å²) >= 11 is 0. The van der Waals surface area contributed by atoms with Crippen molar-refractivity contribution in [2.24, 2.45) is 5.41 Å². The number of aliphatic hydroxyl groups is 1. The number of sulfone groups is 1. The van der Waals surface area contributed by atoms with Gasteiger partial charge in [-0.3, -0.25) is 4.79 Å². The molecule has 1 aliphatic heterocycles. The Labute approximate surface area is 201 Å². The predicted octanol–water partition coefficient (Wildman–Crippen LogP) is 3.66. The summed E-state index contributed by atoms with van der Waals surface area (Å²) in [5.41, 5.74) is 1.48. The smallest absolute Gasteiger partial charge is 0.258 e. The van der Waals surface area contributed by atoms with Crippen molar-refractivity contribution < 1.29 is 23.1 Å². The predicted molar refractivity (Wildman–Crippen MR) is 131 cm³/mol. The lowest BCUT2D eigenvalue weighted by Gasteiger charge is -2.35. The number of carbonyl (C=O) groups excluding carboxylic acids is 1. The number of piperidine rings is 1. The van der Waals surface area contributed by atoms with Crippen molar-refractivity contribution in [1.82, 2.24) is 4.98 Å². The van der Waals surface area contributed by atoms with E-state index in [2.05, 4.69) is 15.2 Å². The van der Waals surface area contributed by atoms with Crippen LogP contribution >= 0.6 is 0 Å². The molecule has 1 aromatic heterocycles. The van der Waals surface area contributed by atoms with Gasteiger partial charge in [0.1, 0.15) is 5.82 Å². The molecular weight excluding hydrogens is 454 g/mol. The highest BCUT2D eigenvalue weighted by Gasteiger charge is 2.44. The molecule has 2 aromatic rings. The molecular formula is C25H33N3O5S. The Kier molecular flexibility index (Phi) is 7.42. The highest BCUT2D eigenvalue weighted by molar-refractivity contribution is 7.91. The second-order valence-electron chi connectivity index (χ2n) is 9.23. The van der Waals surface area contributed by atoms with Gasteiger partial charge in [-0.2, -0.15) is 4.98 Å². The maximum Gasteiger partial charge on any atom is 0.258 e. The number of nitrogens with one attached hydrogen (secondary N) is 1. The van der Waals surface area contributed by atoms with Gasteiger partial charge in [-0.1, -0.05) is 13.0 Å². The molecule has 2 N–H and O–H groups in total. The molecule has 2 fully saturated rings. The number of ether oxygens (including phenoxy) is 1. The highest BCUT2D eigenvalue weighted by Crippen LogP contribution is 2.54. The van der Waals surface area contributed by atoms with E-state index in [0.717, 1.165) is 32.4 Å². The number of hydrogen-bond donors (Lipinski definition) is 2. The molecule has 0 unspecified atom stereocenters. The molecule has 1 aliphatic carbocycles. The summed E-state index contributed by atoms with van der Waals surface area (Å²) in [4.78, 5) is 19.9. The van der Waals surface area contributed by atoms with E-state index in [1.54, 1.807) is 30.3 Å². The number of carbonyl (C=O) groups is 1. The molecule has 0 atom stereocenters. The third-order valence-electron chi connectivity index (χ3n) is 6.69. The van der Waals surface area contributed by atoms with Gasteiger partial charge >= 0.3 is 0 Å². The van der Waals surface area contributed by atoms with Crippen molar-refractivity contribution >= 4 is 27.2 Å². The largest absolute Gasteiger partial charge is 0.478 e. The number of aliphatic hydroxyl groups excluding tert-OH is 1. The molecule has 0 bridgehead atoms. The number of nitrogens with zero attached hydrogens (tertiary/aromatic N) is 2. The number of aromatic nitrogens is 1. The van der Waals surface area contributed by atoms with Crippen molar-refractivity contribution in [2.75, 3.05) is 42.3 Å². The number of benzene rings is 1. The van der Waals surface area contributed by atoms with Gasteiger partial charge < -0.3 is 20.1 Å². The summed E-state index contributed by atoms with van der Waals surface area (Å²) in [6, 6.07) is 9.87. The number of amides is 1. The molecule has 1 saturated heterocycles. The first-order valence-electron chi connectivity index (χ1n) is 12.0. The molecule has 184 valence electrons. The average molecular weight is 488 g/mol. The van der Waals surface area contributed by atoms with Gasteiger partial charge in [0.2, 0.25) is 5.88 Å². The molecule has 1 spiro atoms. The summed E-state index contributed by atoms with van der Waals surface area (Å²) in [6.07, 6.45) is 5.64. The zero-order valence-electron chi connectivity index (χ0n) is 19.6. The topological polar surface area (TPSA) is 109 Å². The molecule has 1 saturated carbocycles. The molecule has 8 nitrogen and oxygen atoms in total. The van der Waals surface area contributed by atoms with E-state index in [1.807, 2.05) is 6.92 Å². The van der Waals surface area contributed by atoms with Crippen LogP contribution in [-0.4, -0.2) is 56.5 Å². The minimum absolute atomic E-state index is 0.133. The van der Waals surface area contributed by atoms with Crippen molar-refractivity contribution in [2.45, 2.75) is 50.3 Å². The van der Waals surface area contributed by atoms with Gasteiger partial charge in [0.25, 0.3) is 5.91 Å².